The molecular formula is C37H40FN3O5S. The van der Waals surface area contributed by atoms with E-state index >= 15 is 0 Å². The summed E-state index contributed by atoms with van der Waals surface area (Å²) in [5.41, 5.74) is 1.74. The minimum Gasteiger partial charge on any atom is -0.457 e. The van der Waals surface area contributed by atoms with Crippen molar-refractivity contribution in [3.63, 3.8) is 0 Å². The molecule has 5 rings (SSSR count). The summed E-state index contributed by atoms with van der Waals surface area (Å²) >= 11 is 0. The molecule has 8 nitrogen and oxygen atoms in total. The molecular weight excluding hydrogens is 617 g/mol. The van der Waals surface area contributed by atoms with Gasteiger partial charge >= 0.3 is 0 Å². The monoisotopic (exact) mass is 657 g/mol. The normalized spacial score (nSPS) is 14.2. The number of sulfonamides is 1. The van der Waals surface area contributed by atoms with Crippen LogP contribution < -0.4 is 14.4 Å². The molecule has 0 heterocycles. The Labute approximate surface area is 276 Å². The molecule has 10 heteroatoms. The largest absolute Gasteiger partial charge is 0.457 e. The van der Waals surface area contributed by atoms with Gasteiger partial charge in [-0.3, -0.25) is 13.9 Å². The van der Waals surface area contributed by atoms with Crippen LogP contribution in [0.1, 0.15) is 50.2 Å². The first-order valence-electron chi connectivity index (χ1n) is 15.9. The van der Waals surface area contributed by atoms with Gasteiger partial charge in [0.2, 0.25) is 11.8 Å². The predicted octanol–water partition coefficient (Wildman–Crippen LogP) is 6.99. The first-order chi connectivity index (χ1) is 22.6. The van der Waals surface area contributed by atoms with Crippen molar-refractivity contribution < 1.29 is 27.1 Å². The Kier molecular flexibility index (Phi) is 10.9. The third kappa shape index (κ3) is 8.77. The van der Waals surface area contributed by atoms with Crippen molar-refractivity contribution in [1.29, 1.82) is 0 Å². The van der Waals surface area contributed by atoms with Crippen LogP contribution in [0.15, 0.2) is 108 Å². The highest BCUT2D eigenvalue weighted by molar-refractivity contribution is 7.92. The lowest BCUT2D eigenvalue weighted by Crippen LogP contribution is -2.53. The summed E-state index contributed by atoms with van der Waals surface area (Å²) in [6.07, 6.45) is 4.92. The number of anilines is 1. The molecule has 1 aliphatic carbocycles. The van der Waals surface area contributed by atoms with Crippen molar-refractivity contribution in [3.8, 4) is 11.5 Å². The number of halogens is 1. The zero-order valence-electron chi connectivity index (χ0n) is 26.6. The summed E-state index contributed by atoms with van der Waals surface area (Å²) in [6.45, 7) is 2.91. The number of hydrogen-bond donors (Lipinski definition) is 1. The van der Waals surface area contributed by atoms with E-state index < -0.39 is 34.3 Å². The number of nitrogens with one attached hydrogen (secondary N) is 1. The van der Waals surface area contributed by atoms with Gasteiger partial charge in [0.15, 0.2) is 0 Å². The maximum Gasteiger partial charge on any atom is 0.264 e. The number of amides is 2. The average Bonchev–Trinajstić information content (AvgIpc) is 3.08. The van der Waals surface area contributed by atoms with Crippen LogP contribution in [-0.2, 0) is 26.2 Å². The molecule has 1 saturated carbocycles. The Morgan fingerprint density at radius 1 is 0.851 bits per heavy atom. The number of para-hydroxylation sites is 1. The molecule has 1 N–H and O–H groups in total. The summed E-state index contributed by atoms with van der Waals surface area (Å²) in [7, 11) is -4.22. The van der Waals surface area contributed by atoms with Gasteiger partial charge in [0.1, 0.15) is 29.9 Å². The molecule has 2 amide bonds. The molecule has 1 aliphatic rings. The zero-order chi connectivity index (χ0) is 33.4. The van der Waals surface area contributed by atoms with Gasteiger partial charge in [0, 0.05) is 12.6 Å². The van der Waals surface area contributed by atoms with Crippen LogP contribution in [-0.4, -0.2) is 43.8 Å². The predicted molar refractivity (Wildman–Crippen MR) is 180 cm³/mol. The van der Waals surface area contributed by atoms with Gasteiger partial charge in [0.05, 0.1) is 10.6 Å². The van der Waals surface area contributed by atoms with Crippen molar-refractivity contribution in [1.82, 2.24) is 10.2 Å². The van der Waals surface area contributed by atoms with Crippen LogP contribution in [0.3, 0.4) is 0 Å². The molecule has 0 aromatic heterocycles. The Morgan fingerprint density at radius 2 is 1.47 bits per heavy atom. The molecule has 47 heavy (non-hydrogen) atoms. The number of ether oxygens (including phenoxy) is 1. The van der Waals surface area contributed by atoms with Gasteiger partial charge in [-0.1, -0.05) is 67.3 Å². The second-order valence-corrected chi connectivity index (χ2v) is 13.8. The first-order valence-corrected chi connectivity index (χ1v) is 17.3. The number of carbonyl (C=O) groups excluding carboxylic acids is 2. The minimum atomic E-state index is -4.22. The number of aryl methyl sites for hydroxylation is 1. The Hall–Kier alpha value is -4.70. The molecule has 0 spiro atoms. The van der Waals surface area contributed by atoms with E-state index in [1.54, 1.807) is 55.5 Å². The molecule has 0 saturated heterocycles. The number of hydrogen-bond acceptors (Lipinski definition) is 5. The fraction of sp³-hybridized carbons (Fsp3) is 0.297. The van der Waals surface area contributed by atoms with E-state index in [0.29, 0.717) is 17.1 Å². The SMILES string of the molecule is Cc1ccc(S(=O)(=O)N(CC(=O)N(Cc2ccc(F)cc2)C(C)C(=O)NC2CCCCC2)c2ccc(Oc3ccccc3)cc2)cc1. The number of nitrogens with zero attached hydrogens (tertiary/aromatic N) is 2. The van der Waals surface area contributed by atoms with E-state index in [9.17, 15) is 22.4 Å². The molecule has 1 atom stereocenters. The van der Waals surface area contributed by atoms with Crippen LogP contribution in [0.4, 0.5) is 10.1 Å². The molecule has 4 aromatic carbocycles. The van der Waals surface area contributed by atoms with Crippen LogP contribution in [0.2, 0.25) is 0 Å². The Morgan fingerprint density at radius 3 is 2.11 bits per heavy atom. The van der Waals surface area contributed by atoms with E-state index in [0.717, 1.165) is 42.0 Å². The average molecular weight is 658 g/mol. The topological polar surface area (TPSA) is 96.0 Å². The van der Waals surface area contributed by atoms with E-state index in [2.05, 4.69) is 5.32 Å². The van der Waals surface area contributed by atoms with Gasteiger partial charge in [-0.15, -0.1) is 0 Å². The Balaban J connectivity index is 1.46. The van der Waals surface area contributed by atoms with Crippen LogP contribution >= 0.6 is 0 Å². The van der Waals surface area contributed by atoms with Gasteiger partial charge < -0.3 is 15.0 Å². The summed E-state index contributed by atoms with van der Waals surface area (Å²) in [5.74, 6) is -0.213. The molecule has 0 aliphatic heterocycles. The maximum absolute atomic E-state index is 14.2. The van der Waals surface area contributed by atoms with E-state index in [-0.39, 0.29) is 29.1 Å². The fourth-order valence-corrected chi connectivity index (χ4v) is 7.02. The third-order valence-corrected chi connectivity index (χ3v) is 10.2. The molecule has 0 bridgehead atoms. The first kappa shape index (κ1) is 33.7. The minimum absolute atomic E-state index is 0.0133. The molecule has 1 fully saturated rings. The summed E-state index contributed by atoms with van der Waals surface area (Å²) < 4.78 is 49.0. The molecule has 246 valence electrons. The Bertz CT molecular complexity index is 1740. The summed E-state index contributed by atoms with van der Waals surface area (Å²) in [5, 5.41) is 3.08. The highest BCUT2D eigenvalue weighted by Crippen LogP contribution is 2.29. The van der Waals surface area contributed by atoms with Crippen LogP contribution in [0, 0.1) is 12.7 Å². The lowest BCUT2D eigenvalue weighted by molar-refractivity contribution is -0.139. The fourth-order valence-electron chi connectivity index (χ4n) is 5.61. The highest BCUT2D eigenvalue weighted by Gasteiger charge is 2.33. The van der Waals surface area contributed by atoms with Crippen molar-refractivity contribution in [2.45, 2.75) is 69.5 Å². The van der Waals surface area contributed by atoms with Crippen LogP contribution in [0.5, 0.6) is 11.5 Å². The lowest BCUT2D eigenvalue weighted by Gasteiger charge is -2.33. The van der Waals surface area contributed by atoms with Gasteiger partial charge in [-0.2, -0.15) is 0 Å². The zero-order valence-corrected chi connectivity index (χ0v) is 27.5. The highest BCUT2D eigenvalue weighted by atomic mass is 32.2. The van der Waals surface area contributed by atoms with Crippen molar-refractivity contribution in [2.24, 2.45) is 0 Å². The number of benzene rings is 4. The third-order valence-electron chi connectivity index (χ3n) is 8.38. The van der Waals surface area contributed by atoms with Gasteiger partial charge in [-0.25, -0.2) is 12.8 Å². The van der Waals surface area contributed by atoms with Crippen molar-refractivity contribution in [2.75, 3.05) is 10.8 Å². The second kappa shape index (κ2) is 15.3. The van der Waals surface area contributed by atoms with Crippen LogP contribution in [0.25, 0.3) is 0 Å². The molecule has 4 aromatic rings. The second-order valence-electron chi connectivity index (χ2n) is 11.9. The van der Waals surface area contributed by atoms with E-state index in [4.69, 9.17) is 4.74 Å². The maximum atomic E-state index is 14.2. The van der Waals surface area contributed by atoms with Gasteiger partial charge in [-0.05, 0) is 92.9 Å². The van der Waals surface area contributed by atoms with E-state index in [1.165, 1.54) is 29.2 Å². The molecule has 1 unspecified atom stereocenters. The number of carbonyl (C=O) groups is 2. The van der Waals surface area contributed by atoms with E-state index in [1.807, 2.05) is 37.3 Å². The number of rotatable bonds is 12. The quantitative estimate of drug-likeness (QED) is 0.177. The molecule has 0 radical (unpaired) electrons. The summed E-state index contributed by atoms with van der Waals surface area (Å²) in [6, 6.07) is 26.8. The standard InChI is InChI=1S/C37H40FN3O5S/c1-27-13-23-35(24-14-27)47(44,45)41(32-19-21-34(22-20-32)46-33-11-7-4-8-12-33)26-36(42)40(25-29-15-17-30(38)18-16-29)28(2)37(43)39-31-9-5-3-6-10-31/h4,7-8,11-24,28,31H,3,5-6,9-10,25-26H2,1-2H3,(H,39,43). The van der Waals surface area contributed by atoms with Crippen molar-refractivity contribution in [3.05, 3.63) is 120 Å². The lowest BCUT2D eigenvalue weighted by atomic mass is 9.95. The van der Waals surface area contributed by atoms with Crippen molar-refractivity contribution >= 4 is 27.5 Å². The summed E-state index contributed by atoms with van der Waals surface area (Å²) in [4.78, 5) is 29.1. The smallest absolute Gasteiger partial charge is 0.264 e. The van der Waals surface area contributed by atoms with Gasteiger partial charge in [0.25, 0.3) is 10.0 Å².